The van der Waals surface area contributed by atoms with E-state index in [4.69, 9.17) is 34.2 Å². The summed E-state index contributed by atoms with van der Waals surface area (Å²) < 4.78 is 0. The predicted molar refractivity (Wildman–Crippen MR) is 418 cm³/mol. The summed E-state index contributed by atoms with van der Waals surface area (Å²) in [6.45, 7) is 5.12. The molecule has 1 saturated heterocycles. The molecular weight excluding hydrogens is 1480 g/mol. The van der Waals surface area contributed by atoms with Crippen molar-refractivity contribution >= 4 is 105 Å². The van der Waals surface area contributed by atoms with E-state index in [1.807, 2.05) is 42.5 Å². The molecule has 11 unspecified atom stereocenters. The Kier molecular flexibility index (Phi) is 34.1. The zero-order valence-corrected chi connectivity index (χ0v) is 63.9. The number of urea groups is 1. The van der Waals surface area contributed by atoms with Crippen LogP contribution in [0.3, 0.4) is 0 Å². The third-order valence-corrected chi connectivity index (χ3v) is 18.8. The van der Waals surface area contributed by atoms with Gasteiger partial charge in [0.25, 0.3) is 0 Å². The largest absolute Gasteiger partial charge is 0.508 e. The molecule has 35 heteroatoms. The summed E-state index contributed by atoms with van der Waals surface area (Å²) >= 11 is 6.26. The van der Waals surface area contributed by atoms with Gasteiger partial charge in [0.1, 0.15) is 72.2 Å². The fourth-order valence-electron chi connectivity index (χ4n) is 12.7. The Bertz CT molecular complexity index is 4300. The molecule has 11 atom stereocenters. The smallest absolute Gasteiger partial charge is 0.312 e. The molecular formula is C78H100ClN19O15. The van der Waals surface area contributed by atoms with Crippen LogP contribution in [-0.4, -0.2) is 201 Å². The van der Waals surface area contributed by atoms with Crippen molar-refractivity contribution in [3.63, 3.8) is 0 Å². The number of phenols is 1. The van der Waals surface area contributed by atoms with E-state index in [0.717, 1.165) is 10.8 Å². The quantitative estimate of drug-likeness (QED) is 0.0132. The zero-order valence-electron chi connectivity index (χ0n) is 63.2. The fourth-order valence-corrected chi connectivity index (χ4v) is 12.8. The number of likely N-dealkylation sites (tertiary alicyclic amines) is 1. The average molecular weight is 1580 g/mol. The summed E-state index contributed by atoms with van der Waals surface area (Å²) in [7, 11) is 0. The number of aliphatic hydroxyl groups excluding tert-OH is 1. The molecule has 2 aromatic heterocycles. The Morgan fingerprint density at radius 3 is 1.43 bits per heavy atom. The predicted octanol–water partition coefficient (Wildman–Crippen LogP) is -0.384. The first-order chi connectivity index (χ1) is 53.9. The highest BCUT2D eigenvalue weighted by atomic mass is 35.5. The van der Waals surface area contributed by atoms with Crippen LogP contribution in [-0.2, 0) is 89.6 Å². The molecule has 0 spiro atoms. The molecule has 0 saturated carbocycles. The number of guanidine groups is 1. The SMILES string of the molecule is CC(=O)NC(Cc1ccc2ccccc2c1)C(=O)NC(Cc1ccc(Cl)cc1)C(=O)NC(Cc1cccnc1)C(=O)NC(Cc1cccnc1)C(=O)NC(CO)C(=O)NC(Cc1ccc(O)cc1)C(=O)NC(CCCNC(N)=O)C(=O)NC(CC(C)C)C(=O)NC(CCCNC(=N)N)C(=O)N1CCCC1C(=O)NC(C)C(N)=O. The summed E-state index contributed by atoms with van der Waals surface area (Å²) in [6, 6.07) is 14.9. The van der Waals surface area contributed by atoms with E-state index in [9.17, 15) is 67.7 Å². The number of aromatic nitrogens is 2. The Hall–Kier alpha value is -12.3. The van der Waals surface area contributed by atoms with E-state index in [2.05, 4.69) is 73.8 Å². The Morgan fingerprint density at radius 1 is 0.504 bits per heavy atom. The number of pyridine rings is 2. The van der Waals surface area contributed by atoms with Gasteiger partial charge in [0, 0.05) is 88.5 Å². The van der Waals surface area contributed by atoms with Gasteiger partial charge in [0.05, 0.1) is 6.61 Å². The van der Waals surface area contributed by atoms with Crippen LogP contribution >= 0.6 is 11.6 Å². The molecule has 21 N–H and O–H groups in total. The van der Waals surface area contributed by atoms with Gasteiger partial charge < -0.3 is 96.1 Å². The van der Waals surface area contributed by atoms with Gasteiger partial charge in [-0.15, -0.1) is 0 Å². The van der Waals surface area contributed by atoms with Gasteiger partial charge in [-0.1, -0.05) is 104 Å². The highest BCUT2D eigenvalue weighted by Crippen LogP contribution is 2.23. The van der Waals surface area contributed by atoms with E-state index in [1.54, 1.807) is 62.4 Å². The van der Waals surface area contributed by atoms with Crippen molar-refractivity contribution in [3.05, 3.63) is 173 Å². The topological polar surface area (TPSA) is 538 Å². The summed E-state index contributed by atoms with van der Waals surface area (Å²) in [6.07, 6.45) is 5.21. The highest BCUT2D eigenvalue weighted by molar-refractivity contribution is 6.30. The van der Waals surface area contributed by atoms with Crippen LogP contribution in [0.5, 0.6) is 5.75 Å². The molecule has 1 aliphatic heterocycles. The van der Waals surface area contributed by atoms with Crippen molar-refractivity contribution in [2.45, 2.75) is 171 Å². The van der Waals surface area contributed by atoms with E-state index in [1.165, 1.54) is 67.8 Å². The number of amides is 14. The number of phenolic OH excluding ortho intramolecular Hbond substituents is 1. The summed E-state index contributed by atoms with van der Waals surface area (Å²) in [4.78, 5) is 193. The van der Waals surface area contributed by atoms with E-state index >= 15 is 4.79 Å². The van der Waals surface area contributed by atoms with E-state index < -0.39 is 150 Å². The van der Waals surface area contributed by atoms with Crippen LogP contribution in [0.2, 0.25) is 5.02 Å². The highest BCUT2D eigenvalue weighted by Gasteiger charge is 2.41. The molecule has 6 aromatic rings. The molecule has 14 amide bonds. The Labute approximate surface area is 658 Å². The van der Waals surface area contributed by atoms with Crippen LogP contribution < -0.4 is 81.0 Å². The standard InChI is InChI=1S/C78H100ClN19O15/c1-44(2)34-58(68(104)91-57(17-10-31-86-77(81)82)76(112)98-33-11-18-65(98)75(111)88-45(3)66(80)102)92-67(103)56(16-9-32-87-78(83)113)90-70(106)60(37-48-22-27-55(101)28-23-48)96-74(110)64(43-99)97-73(109)63(40-51-13-8-30-85-42-51)95-72(108)62(39-50-12-7-29-84-41-50)94-71(107)61(36-47-20-25-54(79)26-21-47)93-69(105)59(89-46(4)100)38-49-19-24-52-14-5-6-15-53(52)35-49/h5-8,12-15,19-30,35,41-42,44-45,56-65,99,101H,9-11,16-18,31-34,36-40,43H2,1-4H3,(H2,80,102)(H,88,111)(H,89,100)(H,90,106)(H,91,104)(H,92,103)(H,93,105)(H,94,107)(H,95,108)(H,96,110)(H,97,109)(H4,81,82,86)(H3,83,87,113). The monoisotopic (exact) mass is 1580 g/mol. The third kappa shape index (κ3) is 28.8. The molecule has 7 rings (SSSR count). The number of carbonyl (C=O) groups is 13. The number of nitrogens with two attached hydrogens (primary N) is 3. The molecule has 3 heterocycles. The molecule has 0 bridgehead atoms. The second kappa shape index (κ2) is 43.9. The first-order valence-corrected chi connectivity index (χ1v) is 37.4. The van der Waals surface area contributed by atoms with Gasteiger partial charge in [-0.05, 0) is 133 Å². The molecule has 4 aromatic carbocycles. The third-order valence-electron chi connectivity index (χ3n) is 18.5. The number of rotatable bonds is 42. The first kappa shape index (κ1) is 87.9. The van der Waals surface area contributed by atoms with Gasteiger partial charge in [0.2, 0.25) is 70.9 Å². The number of carbonyl (C=O) groups excluding carboxylic acids is 13. The zero-order chi connectivity index (χ0) is 82.3. The van der Waals surface area contributed by atoms with Crippen molar-refractivity contribution in [2.24, 2.45) is 23.1 Å². The lowest BCUT2D eigenvalue weighted by Gasteiger charge is -2.31. The van der Waals surface area contributed by atoms with Gasteiger partial charge in [-0.2, -0.15) is 0 Å². The maximum atomic E-state index is 15.1. The number of aliphatic hydroxyl groups is 1. The van der Waals surface area contributed by atoms with Crippen LogP contribution in [0.4, 0.5) is 4.79 Å². The molecule has 1 aliphatic rings. The number of benzene rings is 4. The van der Waals surface area contributed by atoms with Crippen molar-refractivity contribution in [2.75, 3.05) is 26.2 Å². The number of hydrogen-bond acceptors (Lipinski definition) is 18. The van der Waals surface area contributed by atoms with Gasteiger partial charge in [-0.3, -0.25) is 72.9 Å². The summed E-state index contributed by atoms with van der Waals surface area (Å²) in [5.74, 6) is -11.1. The second-order valence-electron chi connectivity index (χ2n) is 28.0. The first-order valence-electron chi connectivity index (χ1n) is 37.0. The van der Waals surface area contributed by atoms with Gasteiger partial charge in [0.15, 0.2) is 5.96 Å². The van der Waals surface area contributed by atoms with Crippen molar-refractivity contribution in [3.8, 4) is 5.75 Å². The normalized spacial score (nSPS) is 15.1. The second-order valence-corrected chi connectivity index (χ2v) is 28.4. The Morgan fingerprint density at radius 2 is 0.938 bits per heavy atom. The minimum Gasteiger partial charge on any atom is -0.508 e. The van der Waals surface area contributed by atoms with Crippen molar-refractivity contribution in [1.82, 2.24) is 78.7 Å². The fraction of sp³-hybridized carbons (Fsp3) is 0.410. The molecule has 604 valence electrons. The number of fused-ring (bicyclic) bond motifs is 1. The van der Waals surface area contributed by atoms with Gasteiger partial charge >= 0.3 is 6.03 Å². The summed E-state index contributed by atoms with van der Waals surface area (Å²) in [5, 5.41) is 62.8. The van der Waals surface area contributed by atoms with Crippen LogP contribution in [0.1, 0.15) is 100 Å². The number of halogens is 1. The minimum atomic E-state index is -1.90. The Balaban J connectivity index is 1.14. The van der Waals surface area contributed by atoms with Crippen molar-refractivity contribution in [1.29, 1.82) is 5.41 Å². The lowest BCUT2D eigenvalue weighted by Crippen LogP contribution is -2.62. The molecule has 113 heavy (non-hydrogen) atoms. The van der Waals surface area contributed by atoms with Crippen LogP contribution in [0.15, 0.2) is 140 Å². The number of primary amides is 2. The number of aromatic hydroxyl groups is 1. The molecule has 1 fully saturated rings. The number of nitrogens with zero attached hydrogens (tertiary/aromatic N) is 3. The van der Waals surface area contributed by atoms with Gasteiger partial charge in [-0.25, -0.2) is 4.79 Å². The minimum absolute atomic E-state index is 0.0185. The van der Waals surface area contributed by atoms with E-state index in [0.29, 0.717) is 39.3 Å². The maximum Gasteiger partial charge on any atom is 0.312 e. The van der Waals surface area contributed by atoms with E-state index in [-0.39, 0.29) is 108 Å². The lowest BCUT2D eigenvalue weighted by atomic mass is 9.99. The number of nitrogens with one attached hydrogen (secondary N) is 13. The molecule has 0 aliphatic carbocycles. The van der Waals surface area contributed by atoms with Crippen LogP contribution in [0, 0.1) is 11.3 Å². The summed E-state index contributed by atoms with van der Waals surface area (Å²) in [5.41, 5.74) is 18.7. The van der Waals surface area contributed by atoms with Crippen molar-refractivity contribution < 1.29 is 72.5 Å². The number of hydrogen-bond donors (Lipinski definition) is 18. The molecule has 0 radical (unpaired) electrons. The van der Waals surface area contributed by atoms with Crippen LogP contribution in [0.25, 0.3) is 10.8 Å². The maximum absolute atomic E-state index is 15.1. The average Bonchev–Trinajstić information content (AvgIpc) is 1.59. The lowest BCUT2D eigenvalue weighted by molar-refractivity contribution is -0.142. The molecule has 34 nitrogen and oxygen atoms in total.